The molecular weight excluding hydrogens is 270 g/mol. The van der Waals surface area contributed by atoms with Gasteiger partial charge in [0, 0.05) is 19.5 Å². The van der Waals surface area contributed by atoms with E-state index in [2.05, 4.69) is 4.72 Å². The molecule has 0 aliphatic heterocycles. The van der Waals surface area contributed by atoms with Crippen LogP contribution in [0.5, 0.6) is 0 Å². The maximum atomic E-state index is 12.0. The van der Waals surface area contributed by atoms with Gasteiger partial charge in [0.15, 0.2) is 0 Å². The summed E-state index contributed by atoms with van der Waals surface area (Å²) < 4.78 is 27.2. The van der Waals surface area contributed by atoms with Gasteiger partial charge in [-0.15, -0.1) is 0 Å². The zero-order valence-electron chi connectivity index (χ0n) is 11.5. The fraction of sp³-hybridized carbons (Fsp3) is 0.818. The summed E-state index contributed by atoms with van der Waals surface area (Å²) in [6.45, 7) is 5.51. The third kappa shape index (κ3) is 6.52. The van der Waals surface area contributed by atoms with Gasteiger partial charge in [0.2, 0.25) is 0 Å². The van der Waals surface area contributed by atoms with Gasteiger partial charge in [-0.25, -0.2) is 0 Å². The largest absolute Gasteiger partial charge is 0.480 e. The summed E-state index contributed by atoms with van der Waals surface area (Å²) in [5, 5.41) is 17.5. The molecule has 0 rings (SSSR count). The molecule has 1 atom stereocenters. The monoisotopic (exact) mass is 291 g/mol. The zero-order chi connectivity index (χ0) is 15.1. The molecule has 0 aromatic rings. The van der Waals surface area contributed by atoms with E-state index in [0.29, 0.717) is 0 Å². The van der Waals surface area contributed by atoms with Gasteiger partial charge in [-0.3, -0.25) is 4.79 Å². The van der Waals surface area contributed by atoms with E-state index in [9.17, 15) is 13.2 Å². The molecule has 0 radical (unpaired) electrons. The molecule has 2 N–H and O–H groups in total. The summed E-state index contributed by atoms with van der Waals surface area (Å²) in [4.78, 5) is 11.0. The van der Waals surface area contributed by atoms with Gasteiger partial charge in [0.1, 0.15) is 6.04 Å². The first-order valence-corrected chi connectivity index (χ1v) is 7.55. The maximum absolute atomic E-state index is 12.0. The first kappa shape index (κ1) is 17.8. The number of carboxylic acid groups (broad SMARTS) is 1. The second kappa shape index (κ2) is 8.09. The number of nitrogens with one attached hydrogen (secondary N) is 1. The lowest BCUT2D eigenvalue weighted by Gasteiger charge is -2.23. The van der Waals surface area contributed by atoms with Crippen molar-refractivity contribution in [3.8, 4) is 6.07 Å². The van der Waals surface area contributed by atoms with Crippen molar-refractivity contribution in [3.05, 3.63) is 0 Å². The Labute approximate surface area is 114 Å². The molecular formula is C11H21N3O4S. The van der Waals surface area contributed by atoms with Crippen LogP contribution < -0.4 is 4.72 Å². The molecule has 7 nitrogen and oxygen atoms in total. The van der Waals surface area contributed by atoms with Crippen molar-refractivity contribution in [2.75, 3.05) is 13.1 Å². The smallest absolute Gasteiger partial charge is 0.321 e. The lowest BCUT2D eigenvalue weighted by Crippen LogP contribution is -2.49. The van der Waals surface area contributed by atoms with Gasteiger partial charge >= 0.3 is 5.97 Å². The number of carboxylic acids is 1. The van der Waals surface area contributed by atoms with Crippen LogP contribution in [0.25, 0.3) is 0 Å². The molecule has 0 bridgehead atoms. The second-order valence-electron chi connectivity index (χ2n) is 4.54. The van der Waals surface area contributed by atoms with Gasteiger partial charge in [0.05, 0.1) is 6.07 Å². The third-order valence-corrected chi connectivity index (χ3v) is 4.17. The zero-order valence-corrected chi connectivity index (χ0v) is 12.3. The highest BCUT2D eigenvalue weighted by atomic mass is 32.2. The molecule has 0 saturated carbocycles. The molecule has 0 amide bonds. The molecule has 0 heterocycles. The molecule has 19 heavy (non-hydrogen) atoms. The average molecular weight is 291 g/mol. The number of rotatable bonds is 9. The Bertz CT molecular complexity index is 428. The molecule has 0 aromatic heterocycles. The molecule has 0 fully saturated rings. The van der Waals surface area contributed by atoms with E-state index in [1.54, 1.807) is 6.92 Å². The minimum absolute atomic E-state index is 0.0519. The Hall–Kier alpha value is -1.17. The summed E-state index contributed by atoms with van der Waals surface area (Å²) in [6.07, 6.45) is 0.279. The topological polar surface area (TPSA) is 111 Å². The maximum Gasteiger partial charge on any atom is 0.321 e. The van der Waals surface area contributed by atoms with Crippen molar-refractivity contribution in [2.45, 2.75) is 39.7 Å². The van der Waals surface area contributed by atoms with Crippen LogP contribution in [0.1, 0.15) is 33.6 Å². The standard InChI is InChI=1S/C11H21N3O4S/c1-4-14(7-5-6-12)19(17,18)13-10(11(15)16)8-9(2)3/h9-10,13H,4-5,7-8H2,1-3H3,(H,15,16)/t10-/m0/s1. The van der Waals surface area contributed by atoms with Crippen LogP contribution in [0.15, 0.2) is 0 Å². The van der Waals surface area contributed by atoms with Gasteiger partial charge in [-0.2, -0.15) is 22.7 Å². The Morgan fingerprint density at radius 2 is 2.05 bits per heavy atom. The molecule has 110 valence electrons. The normalized spacial score (nSPS) is 13.5. The molecule has 8 heteroatoms. The van der Waals surface area contributed by atoms with Gasteiger partial charge < -0.3 is 5.11 Å². The van der Waals surface area contributed by atoms with Crippen molar-refractivity contribution in [2.24, 2.45) is 5.92 Å². The predicted octanol–water partition coefficient (Wildman–Crippen LogP) is 0.556. The van der Waals surface area contributed by atoms with Crippen LogP contribution in [0.2, 0.25) is 0 Å². The SMILES string of the molecule is CCN(CCC#N)S(=O)(=O)N[C@@H](CC(C)C)C(=O)O. The fourth-order valence-corrected chi connectivity index (χ4v) is 2.93. The van der Waals surface area contributed by atoms with E-state index in [4.69, 9.17) is 10.4 Å². The van der Waals surface area contributed by atoms with E-state index < -0.39 is 22.2 Å². The Morgan fingerprint density at radius 1 is 1.47 bits per heavy atom. The first-order valence-electron chi connectivity index (χ1n) is 6.11. The van der Waals surface area contributed by atoms with Crippen molar-refractivity contribution >= 4 is 16.2 Å². The van der Waals surface area contributed by atoms with Crippen LogP contribution in [0, 0.1) is 17.2 Å². The lowest BCUT2D eigenvalue weighted by molar-refractivity contribution is -0.139. The van der Waals surface area contributed by atoms with E-state index in [1.807, 2.05) is 19.9 Å². The molecule has 0 spiro atoms. The van der Waals surface area contributed by atoms with E-state index in [0.717, 1.165) is 4.31 Å². The lowest BCUT2D eigenvalue weighted by atomic mass is 10.1. The summed E-state index contributed by atoms with van der Waals surface area (Å²) in [5.41, 5.74) is 0. The minimum atomic E-state index is -3.88. The fourth-order valence-electron chi connectivity index (χ4n) is 1.55. The summed E-state index contributed by atoms with van der Waals surface area (Å²) in [6, 6.07) is 0.711. The van der Waals surface area contributed by atoms with E-state index in [1.165, 1.54) is 0 Å². The van der Waals surface area contributed by atoms with Crippen LogP contribution in [-0.2, 0) is 15.0 Å². The first-order chi connectivity index (χ1) is 8.74. The summed E-state index contributed by atoms with van der Waals surface area (Å²) >= 11 is 0. The minimum Gasteiger partial charge on any atom is -0.480 e. The van der Waals surface area contributed by atoms with Crippen LogP contribution >= 0.6 is 0 Å². The predicted molar refractivity (Wildman–Crippen MR) is 70.4 cm³/mol. The van der Waals surface area contributed by atoms with Crippen molar-refractivity contribution < 1.29 is 18.3 Å². The highest BCUT2D eigenvalue weighted by Gasteiger charge is 2.28. The molecule has 0 aromatic carbocycles. The highest BCUT2D eigenvalue weighted by Crippen LogP contribution is 2.08. The quantitative estimate of drug-likeness (QED) is 0.644. The molecule has 0 unspecified atom stereocenters. The van der Waals surface area contributed by atoms with Crippen molar-refractivity contribution in [1.29, 1.82) is 5.26 Å². The number of carbonyl (C=O) groups is 1. The average Bonchev–Trinajstić information content (AvgIpc) is 2.27. The van der Waals surface area contributed by atoms with E-state index in [-0.39, 0.29) is 31.8 Å². The third-order valence-electron chi connectivity index (χ3n) is 2.46. The summed E-state index contributed by atoms with van der Waals surface area (Å²) in [5.74, 6) is -1.15. The molecule has 0 saturated heterocycles. The Kier molecular flexibility index (Phi) is 7.59. The number of hydrogen-bond donors (Lipinski definition) is 2. The number of aliphatic carboxylic acids is 1. The number of nitrogens with zero attached hydrogens (tertiary/aromatic N) is 2. The second-order valence-corrected chi connectivity index (χ2v) is 6.25. The van der Waals surface area contributed by atoms with Crippen molar-refractivity contribution in [1.82, 2.24) is 9.03 Å². The van der Waals surface area contributed by atoms with Gasteiger partial charge in [0.25, 0.3) is 10.2 Å². The van der Waals surface area contributed by atoms with E-state index >= 15 is 0 Å². The molecule has 0 aliphatic carbocycles. The van der Waals surface area contributed by atoms with Crippen LogP contribution in [-0.4, -0.2) is 42.9 Å². The Balaban J connectivity index is 4.87. The Morgan fingerprint density at radius 3 is 2.42 bits per heavy atom. The van der Waals surface area contributed by atoms with Crippen LogP contribution in [0.4, 0.5) is 0 Å². The van der Waals surface area contributed by atoms with Crippen molar-refractivity contribution in [3.63, 3.8) is 0 Å². The van der Waals surface area contributed by atoms with Crippen LogP contribution in [0.3, 0.4) is 0 Å². The van der Waals surface area contributed by atoms with Gasteiger partial charge in [-0.1, -0.05) is 20.8 Å². The van der Waals surface area contributed by atoms with Gasteiger partial charge in [-0.05, 0) is 12.3 Å². The number of nitriles is 1. The number of hydrogen-bond acceptors (Lipinski definition) is 4. The summed E-state index contributed by atoms with van der Waals surface area (Å²) in [7, 11) is -3.88. The highest BCUT2D eigenvalue weighted by molar-refractivity contribution is 7.87. The molecule has 0 aliphatic rings.